The van der Waals surface area contributed by atoms with Crippen molar-refractivity contribution in [2.24, 2.45) is 0 Å². The summed E-state index contributed by atoms with van der Waals surface area (Å²) in [7, 11) is -3.48. The van der Waals surface area contributed by atoms with Crippen LogP contribution in [0.2, 0.25) is 0 Å². The minimum absolute atomic E-state index is 0.0886. The van der Waals surface area contributed by atoms with Gasteiger partial charge in [-0.2, -0.15) is 0 Å². The number of hydrogen-bond donors (Lipinski definition) is 2. The van der Waals surface area contributed by atoms with Gasteiger partial charge in [0, 0.05) is 12.5 Å². The van der Waals surface area contributed by atoms with Crippen LogP contribution in [0.5, 0.6) is 0 Å². The van der Waals surface area contributed by atoms with Crippen molar-refractivity contribution < 1.29 is 23.1 Å². The van der Waals surface area contributed by atoms with E-state index in [2.05, 4.69) is 5.32 Å². The second kappa shape index (κ2) is 8.67. The Balaban J connectivity index is 2.72. The molecule has 0 aliphatic carbocycles. The van der Waals surface area contributed by atoms with E-state index in [0.717, 1.165) is 5.56 Å². The van der Waals surface area contributed by atoms with Crippen LogP contribution in [0.15, 0.2) is 30.3 Å². The Bertz CT molecular complexity index is 625. The van der Waals surface area contributed by atoms with E-state index >= 15 is 0 Å². The zero-order chi connectivity index (χ0) is 17.5. The van der Waals surface area contributed by atoms with Crippen LogP contribution in [0, 0.1) is 0 Å². The first-order valence-electron chi connectivity index (χ1n) is 7.47. The number of carbonyl (C=O) groups excluding carboxylic acids is 1. The summed E-state index contributed by atoms with van der Waals surface area (Å²) >= 11 is 0. The first-order chi connectivity index (χ1) is 10.7. The fourth-order valence-corrected chi connectivity index (χ4v) is 2.82. The van der Waals surface area contributed by atoms with Crippen LogP contribution in [0.4, 0.5) is 0 Å². The summed E-state index contributed by atoms with van der Waals surface area (Å²) in [5.74, 6) is -2.12. The average Bonchev–Trinajstić information content (AvgIpc) is 2.45. The Morgan fingerprint density at radius 1 is 1.17 bits per heavy atom. The standard InChI is InChI=1S/C16H23NO5S/c1-12(2)23(21,22)11-15(18)17-14(8-9-16(19)20)10-13-6-4-3-5-7-13/h3-7,12,14H,8-11H2,1-2H3,(H,17,18)(H,19,20). The Morgan fingerprint density at radius 3 is 2.30 bits per heavy atom. The topological polar surface area (TPSA) is 101 Å². The predicted octanol–water partition coefficient (Wildman–Crippen LogP) is 1.40. The average molecular weight is 341 g/mol. The van der Waals surface area contributed by atoms with E-state index in [1.807, 2.05) is 30.3 Å². The van der Waals surface area contributed by atoms with Crippen molar-refractivity contribution in [3.8, 4) is 0 Å². The van der Waals surface area contributed by atoms with Crippen LogP contribution in [0.1, 0.15) is 32.3 Å². The van der Waals surface area contributed by atoms with Gasteiger partial charge in [-0.25, -0.2) is 8.42 Å². The Morgan fingerprint density at radius 2 is 1.78 bits per heavy atom. The Hall–Kier alpha value is -1.89. The number of benzene rings is 1. The van der Waals surface area contributed by atoms with Crippen molar-refractivity contribution in [1.82, 2.24) is 5.32 Å². The lowest BCUT2D eigenvalue weighted by atomic mass is 10.0. The van der Waals surface area contributed by atoms with Crippen LogP contribution in [0.25, 0.3) is 0 Å². The fourth-order valence-electron chi connectivity index (χ4n) is 2.04. The van der Waals surface area contributed by atoms with Crippen LogP contribution >= 0.6 is 0 Å². The summed E-state index contributed by atoms with van der Waals surface area (Å²) in [4.78, 5) is 22.7. The van der Waals surface area contributed by atoms with Crippen LogP contribution in [-0.4, -0.2) is 42.4 Å². The van der Waals surface area contributed by atoms with Crippen LogP contribution in [0.3, 0.4) is 0 Å². The lowest BCUT2D eigenvalue weighted by molar-refractivity contribution is -0.137. The molecular formula is C16H23NO5S. The smallest absolute Gasteiger partial charge is 0.303 e. The van der Waals surface area contributed by atoms with Gasteiger partial charge in [-0.3, -0.25) is 9.59 Å². The number of carboxylic acid groups (broad SMARTS) is 1. The second-order valence-electron chi connectivity index (χ2n) is 5.74. The Labute approximate surface area is 136 Å². The number of amides is 1. The lowest BCUT2D eigenvalue weighted by Gasteiger charge is -2.19. The highest BCUT2D eigenvalue weighted by Gasteiger charge is 2.23. The zero-order valence-electron chi connectivity index (χ0n) is 13.4. The fraction of sp³-hybridized carbons (Fsp3) is 0.500. The number of carbonyl (C=O) groups is 2. The first-order valence-corrected chi connectivity index (χ1v) is 9.19. The van der Waals surface area contributed by atoms with Gasteiger partial charge in [-0.1, -0.05) is 30.3 Å². The highest BCUT2D eigenvalue weighted by Crippen LogP contribution is 2.09. The van der Waals surface area contributed by atoms with Crippen molar-refractivity contribution in [1.29, 1.82) is 0 Å². The van der Waals surface area contributed by atoms with E-state index in [1.165, 1.54) is 13.8 Å². The lowest BCUT2D eigenvalue weighted by Crippen LogP contribution is -2.41. The van der Waals surface area contributed by atoms with Crippen molar-refractivity contribution in [2.75, 3.05) is 5.75 Å². The number of hydrogen-bond acceptors (Lipinski definition) is 4. The summed E-state index contributed by atoms with van der Waals surface area (Å²) < 4.78 is 23.6. The molecule has 1 aromatic rings. The molecule has 2 N–H and O–H groups in total. The molecule has 0 aromatic heterocycles. The molecule has 0 heterocycles. The molecule has 0 radical (unpaired) electrons. The quantitative estimate of drug-likeness (QED) is 0.707. The van der Waals surface area contributed by atoms with Gasteiger partial charge in [0.2, 0.25) is 5.91 Å². The minimum atomic E-state index is -3.48. The van der Waals surface area contributed by atoms with E-state index in [-0.39, 0.29) is 12.8 Å². The molecule has 0 saturated heterocycles. The molecular weight excluding hydrogens is 318 g/mol. The predicted molar refractivity (Wildman–Crippen MR) is 87.9 cm³/mol. The molecule has 0 fully saturated rings. The van der Waals surface area contributed by atoms with Crippen LogP contribution in [-0.2, 0) is 25.8 Å². The molecule has 7 heteroatoms. The second-order valence-corrected chi connectivity index (χ2v) is 8.30. The van der Waals surface area contributed by atoms with E-state index in [9.17, 15) is 18.0 Å². The van der Waals surface area contributed by atoms with Gasteiger partial charge in [-0.05, 0) is 32.3 Å². The molecule has 0 spiro atoms. The number of rotatable bonds is 9. The zero-order valence-corrected chi connectivity index (χ0v) is 14.2. The SMILES string of the molecule is CC(C)S(=O)(=O)CC(=O)NC(CCC(=O)O)Cc1ccccc1. The maximum Gasteiger partial charge on any atom is 0.303 e. The van der Waals surface area contributed by atoms with Gasteiger partial charge < -0.3 is 10.4 Å². The van der Waals surface area contributed by atoms with Gasteiger partial charge in [0.25, 0.3) is 0 Å². The molecule has 1 unspecified atom stereocenters. The van der Waals surface area contributed by atoms with Gasteiger partial charge >= 0.3 is 5.97 Å². The van der Waals surface area contributed by atoms with E-state index in [0.29, 0.717) is 6.42 Å². The third-order valence-electron chi connectivity index (χ3n) is 3.45. The number of aliphatic carboxylic acids is 1. The Kier molecular flexibility index (Phi) is 7.22. The molecule has 1 amide bonds. The summed E-state index contributed by atoms with van der Waals surface area (Å²) in [5, 5.41) is 10.8. The molecule has 0 aliphatic heterocycles. The maximum absolute atomic E-state index is 12.0. The molecule has 0 bridgehead atoms. The van der Waals surface area contributed by atoms with Crippen molar-refractivity contribution in [2.45, 2.75) is 44.4 Å². The van der Waals surface area contributed by atoms with Crippen molar-refractivity contribution in [3.05, 3.63) is 35.9 Å². The molecule has 0 saturated carbocycles. The molecule has 1 aromatic carbocycles. The summed E-state index contributed by atoms with van der Waals surface area (Å²) in [6, 6.07) is 8.92. The molecule has 128 valence electrons. The summed E-state index contributed by atoms with van der Waals surface area (Å²) in [5.41, 5.74) is 0.954. The largest absolute Gasteiger partial charge is 0.481 e. The van der Waals surface area contributed by atoms with Gasteiger partial charge in [0.05, 0.1) is 5.25 Å². The molecule has 0 aliphatic rings. The first kappa shape index (κ1) is 19.2. The van der Waals surface area contributed by atoms with Gasteiger partial charge in [0.15, 0.2) is 9.84 Å². The number of carboxylic acids is 1. The molecule has 1 rings (SSSR count). The van der Waals surface area contributed by atoms with E-state index < -0.39 is 38.8 Å². The highest BCUT2D eigenvalue weighted by molar-refractivity contribution is 7.92. The van der Waals surface area contributed by atoms with E-state index in [4.69, 9.17) is 5.11 Å². The van der Waals surface area contributed by atoms with Crippen LogP contribution < -0.4 is 5.32 Å². The van der Waals surface area contributed by atoms with Gasteiger partial charge in [-0.15, -0.1) is 0 Å². The third kappa shape index (κ3) is 7.27. The van der Waals surface area contributed by atoms with E-state index in [1.54, 1.807) is 0 Å². The van der Waals surface area contributed by atoms with Crippen molar-refractivity contribution >= 4 is 21.7 Å². The third-order valence-corrected chi connectivity index (χ3v) is 5.55. The summed E-state index contributed by atoms with van der Waals surface area (Å²) in [6.45, 7) is 3.04. The monoisotopic (exact) mass is 341 g/mol. The molecule has 6 nitrogen and oxygen atoms in total. The normalized spacial score (nSPS) is 12.8. The molecule has 1 atom stereocenters. The molecule has 23 heavy (non-hydrogen) atoms. The number of nitrogens with one attached hydrogen (secondary N) is 1. The minimum Gasteiger partial charge on any atom is -0.481 e. The number of sulfone groups is 1. The van der Waals surface area contributed by atoms with Crippen molar-refractivity contribution in [3.63, 3.8) is 0 Å². The summed E-state index contributed by atoms with van der Waals surface area (Å²) in [6.07, 6.45) is 0.619. The highest BCUT2D eigenvalue weighted by atomic mass is 32.2. The van der Waals surface area contributed by atoms with Gasteiger partial charge in [0.1, 0.15) is 5.75 Å². The maximum atomic E-state index is 12.0.